The number of hydrogen-bond acceptors (Lipinski definition) is 8. The molecule has 1 fully saturated rings. The van der Waals surface area contributed by atoms with Crippen LogP contribution in [0.25, 0.3) is 0 Å². The van der Waals surface area contributed by atoms with Crippen LogP contribution in [0.15, 0.2) is 54.1 Å². The molecule has 0 unspecified atom stereocenters. The molecule has 2 aromatic heterocycles. The fourth-order valence-corrected chi connectivity index (χ4v) is 3.24. The first-order chi connectivity index (χ1) is 18.1. The molecular formula is C23H17ClF5N7O2. The molecule has 0 atom stereocenters. The Morgan fingerprint density at radius 2 is 1.84 bits per heavy atom. The summed E-state index contributed by atoms with van der Waals surface area (Å²) in [4.78, 5) is 23.9. The van der Waals surface area contributed by atoms with Crippen molar-refractivity contribution in [1.29, 1.82) is 5.41 Å². The molecule has 0 spiro atoms. The molecule has 1 aliphatic carbocycles. The van der Waals surface area contributed by atoms with Crippen molar-refractivity contribution in [1.82, 2.24) is 15.0 Å². The number of halogens is 6. The molecule has 0 aliphatic heterocycles. The Bertz CT molecular complexity index is 1410. The lowest BCUT2D eigenvalue weighted by Gasteiger charge is -2.17. The van der Waals surface area contributed by atoms with E-state index < -0.39 is 40.8 Å². The van der Waals surface area contributed by atoms with Crippen molar-refractivity contribution in [2.24, 2.45) is 0 Å². The number of benzene rings is 1. The van der Waals surface area contributed by atoms with E-state index in [2.05, 4.69) is 25.6 Å². The summed E-state index contributed by atoms with van der Waals surface area (Å²) in [6, 6.07) is 5.27. The second-order valence-electron chi connectivity index (χ2n) is 7.85. The van der Waals surface area contributed by atoms with Crippen LogP contribution in [0.2, 0.25) is 5.02 Å². The van der Waals surface area contributed by atoms with E-state index in [1.165, 1.54) is 6.33 Å². The van der Waals surface area contributed by atoms with Crippen LogP contribution in [0.1, 0.15) is 12.8 Å². The van der Waals surface area contributed by atoms with Gasteiger partial charge in [0.25, 0.3) is 5.91 Å². The standard InChI is InChI=1S/C23H17ClF5N7O2/c24-17-20(34-11-3-4-11)32-10-33-22(17)38-16-6-5-12(8-15(16)26)35-21(37)13(9-30)18(23(27,28)29)36-19-14(25)2-1-7-31-19/h1-2,5-11,30H,3-4H2,(H,31,36)(H,35,37)(H,32,33,34)/b18-13+,30-9?. The lowest BCUT2D eigenvalue weighted by molar-refractivity contribution is -0.114. The molecule has 1 saturated carbocycles. The molecule has 1 amide bonds. The third kappa shape index (κ3) is 6.32. The number of anilines is 3. The number of alkyl halides is 3. The third-order valence-corrected chi connectivity index (χ3v) is 5.36. The maximum absolute atomic E-state index is 14.7. The van der Waals surface area contributed by atoms with Gasteiger partial charge in [-0.3, -0.25) is 4.79 Å². The summed E-state index contributed by atoms with van der Waals surface area (Å²) < 4.78 is 75.0. The summed E-state index contributed by atoms with van der Waals surface area (Å²) in [5, 5.41) is 14.2. The minimum absolute atomic E-state index is 0.0217. The Labute approximate surface area is 216 Å². The van der Waals surface area contributed by atoms with E-state index in [1.54, 1.807) is 5.32 Å². The first kappa shape index (κ1) is 26.7. The maximum atomic E-state index is 14.7. The summed E-state index contributed by atoms with van der Waals surface area (Å²) in [5.74, 6) is -4.51. The fraction of sp³-hybridized carbons (Fsp3) is 0.174. The Morgan fingerprint density at radius 3 is 2.47 bits per heavy atom. The summed E-state index contributed by atoms with van der Waals surface area (Å²) in [6.07, 6.45) is -0.950. The molecular weight excluding hydrogens is 537 g/mol. The zero-order valence-electron chi connectivity index (χ0n) is 19.0. The van der Waals surface area contributed by atoms with Gasteiger partial charge in [-0.15, -0.1) is 0 Å². The molecule has 0 bridgehead atoms. The number of hydrogen-bond donors (Lipinski definition) is 4. The van der Waals surface area contributed by atoms with E-state index in [4.69, 9.17) is 21.7 Å². The monoisotopic (exact) mass is 553 g/mol. The quantitative estimate of drug-likeness (QED) is 0.152. The molecule has 1 aromatic carbocycles. The molecule has 1 aliphatic rings. The lowest BCUT2D eigenvalue weighted by atomic mass is 10.1. The van der Waals surface area contributed by atoms with Crippen molar-refractivity contribution in [2.75, 3.05) is 16.0 Å². The minimum atomic E-state index is -5.19. The number of nitrogens with one attached hydrogen (secondary N) is 4. The van der Waals surface area contributed by atoms with E-state index >= 15 is 0 Å². The smallest absolute Gasteiger partial charge is 0.432 e. The van der Waals surface area contributed by atoms with Crippen LogP contribution >= 0.6 is 11.6 Å². The van der Waals surface area contributed by atoms with E-state index in [0.717, 1.165) is 49.4 Å². The average molecular weight is 554 g/mol. The highest BCUT2D eigenvalue weighted by Crippen LogP contribution is 2.36. The second kappa shape index (κ2) is 11.0. The van der Waals surface area contributed by atoms with Gasteiger partial charge in [0.15, 0.2) is 29.0 Å². The van der Waals surface area contributed by atoms with Crippen LogP contribution in [0.5, 0.6) is 11.6 Å². The highest BCUT2D eigenvalue weighted by molar-refractivity contribution is 6.34. The summed E-state index contributed by atoms with van der Waals surface area (Å²) in [5.41, 5.74) is -3.20. The highest BCUT2D eigenvalue weighted by Gasteiger charge is 2.39. The molecule has 3 aromatic rings. The van der Waals surface area contributed by atoms with E-state index in [0.29, 0.717) is 5.82 Å². The highest BCUT2D eigenvalue weighted by atomic mass is 35.5. The van der Waals surface area contributed by atoms with Crippen molar-refractivity contribution < 1.29 is 31.5 Å². The van der Waals surface area contributed by atoms with E-state index in [9.17, 15) is 26.7 Å². The van der Waals surface area contributed by atoms with E-state index in [-0.39, 0.29) is 34.6 Å². The molecule has 4 N–H and O–H groups in total. The Morgan fingerprint density at radius 1 is 1.08 bits per heavy atom. The molecule has 38 heavy (non-hydrogen) atoms. The topological polar surface area (TPSA) is 125 Å². The minimum Gasteiger partial charge on any atom is -0.434 e. The van der Waals surface area contributed by atoms with Crippen LogP contribution in [0.4, 0.5) is 39.3 Å². The van der Waals surface area contributed by atoms with Gasteiger partial charge in [0.2, 0.25) is 5.88 Å². The van der Waals surface area contributed by atoms with Gasteiger partial charge in [0.1, 0.15) is 17.0 Å². The van der Waals surface area contributed by atoms with Crippen LogP contribution < -0.4 is 20.7 Å². The summed E-state index contributed by atoms with van der Waals surface area (Å²) >= 11 is 6.22. The van der Waals surface area contributed by atoms with Crippen LogP contribution in [0, 0.1) is 17.0 Å². The van der Waals surface area contributed by atoms with Crippen molar-refractivity contribution in [3.63, 3.8) is 0 Å². The average Bonchev–Trinajstić information content (AvgIpc) is 3.68. The van der Waals surface area contributed by atoms with E-state index in [1.807, 2.05) is 0 Å². The Kier molecular flexibility index (Phi) is 7.71. The summed E-state index contributed by atoms with van der Waals surface area (Å²) in [7, 11) is 0. The molecule has 2 heterocycles. The van der Waals surface area contributed by atoms with Gasteiger partial charge < -0.3 is 26.1 Å². The normalized spacial score (nSPS) is 13.8. The number of nitrogens with zero attached hydrogens (tertiary/aromatic N) is 3. The van der Waals surface area contributed by atoms with Gasteiger partial charge >= 0.3 is 6.18 Å². The van der Waals surface area contributed by atoms with Crippen molar-refractivity contribution in [2.45, 2.75) is 25.1 Å². The van der Waals surface area contributed by atoms with Crippen molar-refractivity contribution >= 4 is 41.0 Å². The predicted octanol–water partition coefficient (Wildman–Crippen LogP) is 5.69. The Balaban J connectivity index is 1.54. The Hall–Kier alpha value is -4.33. The number of pyridine rings is 1. The maximum Gasteiger partial charge on any atom is 0.432 e. The van der Waals surface area contributed by atoms with Gasteiger partial charge in [0.05, 0.1) is 5.57 Å². The zero-order chi connectivity index (χ0) is 27.4. The number of carbonyl (C=O) groups excluding carboxylic acids is 1. The zero-order valence-corrected chi connectivity index (χ0v) is 19.8. The second-order valence-corrected chi connectivity index (χ2v) is 8.23. The fourth-order valence-electron chi connectivity index (χ4n) is 3.05. The van der Waals surface area contributed by atoms with Gasteiger partial charge in [0, 0.05) is 30.2 Å². The van der Waals surface area contributed by atoms with Crippen LogP contribution in [0.3, 0.4) is 0 Å². The van der Waals surface area contributed by atoms with Gasteiger partial charge in [-0.25, -0.2) is 18.7 Å². The third-order valence-electron chi connectivity index (χ3n) is 5.02. The SMILES string of the molecule is N=C/C(C(=O)Nc1ccc(Oc2ncnc(NC3CC3)c2Cl)c(F)c1)=C(\Nc1ncccc1F)C(F)(F)F. The number of rotatable bonds is 9. The number of ether oxygens (including phenoxy) is 1. The van der Waals surface area contributed by atoms with Gasteiger partial charge in [-0.2, -0.15) is 18.2 Å². The summed E-state index contributed by atoms with van der Waals surface area (Å²) in [6.45, 7) is 0. The number of carbonyl (C=O) groups is 1. The molecule has 9 nitrogen and oxygen atoms in total. The van der Waals surface area contributed by atoms with Crippen LogP contribution in [-0.2, 0) is 4.79 Å². The first-order valence-corrected chi connectivity index (χ1v) is 11.2. The van der Waals surface area contributed by atoms with Gasteiger partial charge in [-0.05, 0) is 37.1 Å². The molecule has 198 valence electrons. The molecule has 0 radical (unpaired) electrons. The van der Waals surface area contributed by atoms with Gasteiger partial charge in [-0.1, -0.05) is 11.6 Å². The number of amides is 1. The predicted molar refractivity (Wildman–Crippen MR) is 128 cm³/mol. The molecule has 4 rings (SSSR count). The van der Waals surface area contributed by atoms with Crippen LogP contribution in [-0.4, -0.2) is 39.3 Å². The lowest BCUT2D eigenvalue weighted by Crippen LogP contribution is -2.28. The number of aromatic nitrogens is 3. The van der Waals surface area contributed by atoms with Crippen molar-refractivity contribution in [3.05, 3.63) is 70.8 Å². The molecule has 15 heteroatoms. The largest absolute Gasteiger partial charge is 0.434 e. The first-order valence-electron chi connectivity index (χ1n) is 10.8. The van der Waals surface area contributed by atoms with Crippen molar-refractivity contribution in [3.8, 4) is 11.6 Å². The molecule has 0 saturated heterocycles. The number of allylic oxidation sites excluding steroid dienone is 1.